The average Bonchev–Trinajstić information content (AvgIpc) is 2.23. The molecule has 3 atom stereocenters. The van der Waals surface area contributed by atoms with E-state index in [1.165, 1.54) is 0 Å². The number of hydrogen-bond donors (Lipinski definition) is 1. The van der Waals surface area contributed by atoms with E-state index in [-0.39, 0.29) is 18.7 Å². The van der Waals surface area contributed by atoms with E-state index < -0.39 is 15.3 Å². The van der Waals surface area contributed by atoms with Gasteiger partial charge in [-0.15, -0.1) is 0 Å². The molecule has 0 radical (unpaired) electrons. The molecule has 2 N–H and O–H groups in total. The second-order valence-corrected chi connectivity index (χ2v) is 6.54. The lowest BCUT2D eigenvalue weighted by atomic mass is 10.2. The topological polar surface area (TPSA) is 72.6 Å². The fraction of sp³-hybridized carbons (Fsp3) is 1.00. The Balaban J connectivity index is 2.88. The number of morpholine rings is 1. The Morgan fingerprint density at radius 3 is 2.62 bits per heavy atom. The van der Waals surface area contributed by atoms with E-state index in [1.54, 1.807) is 4.31 Å². The van der Waals surface area contributed by atoms with Crippen LogP contribution < -0.4 is 5.73 Å². The maximum Gasteiger partial charge on any atom is 0.218 e. The minimum Gasteiger partial charge on any atom is -0.375 e. The summed E-state index contributed by atoms with van der Waals surface area (Å²) in [6.07, 6.45) is 0.512. The van der Waals surface area contributed by atoms with Gasteiger partial charge in [-0.25, -0.2) is 8.42 Å². The molecule has 6 heteroatoms. The summed E-state index contributed by atoms with van der Waals surface area (Å²) >= 11 is 0. The van der Waals surface area contributed by atoms with Crippen molar-refractivity contribution >= 4 is 10.0 Å². The molecule has 96 valence electrons. The summed E-state index contributed by atoms with van der Waals surface area (Å²) in [5.74, 6) is 0. The molecule has 0 amide bonds. The molecule has 0 saturated carbocycles. The van der Waals surface area contributed by atoms with Gasteiger partial charge < -0.3 is 10.5 Å². The third-order valence-electron chi connectivity index (χ3n) is 3.02. The first-order valence-corrected chi connectivity index (χ1v) is 7.26. The zero-order chi connectivity index (χ0) is 12.3. The lowest BCUT2D eigenvalue weighted by Crippen LogP contribution is -2.53. The van der Waals surface area contributed by atoms with Crippen LogP contribution in [0.25, 0.3) is 0 Å². The third-order valence-corrected chi connectivity index (χ3v) is 5.55. The van der Waals surface area contributed by atoms with Gasteiger partial charge in [0, 0.05) is 19.1 Å². The maximum atomic E-state index is 12.3. The maximum absolute atomic E-state index is 12.3. The molecule has 16 heavy (non-hydrogen) atoms. The fourth-order valence-corrected chi connectivity index (χ4v) is 3.95. The van der Waals surface area contributed by atoms with Crippen molar-refractivity contribution in [2.75, 3.05) is 19.7 Å². The van der Waals surface area contributed by atoms with Crippen molar-refractivity contribution in [1.82, 2.24) is 4.31 Å². The molecule has 1 fully saturated rings. The van der Waals surface area contributed by atoms with E-state index >= 15 is 0 Å². The van der Waals surface area contributed by atoms with E-state index in [1.807, 2.05) is 20.8 Å². The molecule has 0 bridgehead atoms. The smallest absolute Gasteiger partial charge is 0.218 e. The normalized spacial score (nSPS) is 30.2. The summed E-state index contributed by atoms with van der Waals surface area (Å²) < 4.78 is 31.6. The summed E-state index contributed by atoms with van der Waals surface area (Å²) in [6.45, 7) is 6.67. The van der Waals surface area contributed by atoms with Gasteiger partial charge in [0.25, 0.3) is 0 Å². The number of ether oxygens (including phenoxy) is 1. The quantitative estimate of drug-likeness (QED) is 0.771. The molecule has 0 aromatic heterocycles. The second kappa shape index (κ2) is 5.44. The van der Waals surface area contributed by atoms with Gasteiger partial charge in [-0.05, 0) is 20.3 Å². The Labute approximate surface area is 98.0 Å². The van der Waals surface area contributed by atoms with E-state index in [0.29, 0.717) is 19.6 Å². The minimum absolute atomic E-state index is 0.0405. The van der Waals surface area contributed by atoms with Crippen LogP contribution in [0.1, 0.15) is 27.2 Å². The molecule has 3 unspecified atom stereocenters. The lowest BCUT2D eigenvalue weighted by Gasteiger charge is -2.37. The van der Waals surface area contributed by atoms with Crippen molar-refractivity contribution in [3.63, 3.8) is 0 Å². The van der Waals surface area contributed by atoms with Gasteiger partial charge >= 0.3 is 0 Å². The number of sulfonamides is 1. The summed E-state index contributed by atoms with van der Waals surface area (Å²) in [5, 5.41) is -0.472. The van der Waals surface area contributed by atoms with Crippen LogP contribution in [0.5, 0.6) is 0 Å². The summed E-state index contributed by atoms with van der Waals surface area (Å²) in [4.78, 5) is 0. The molecular formula is C10H22N2O3S. The van der Waals surface area contributed by atoms with Crippen LogP contribution in [0.15, 0.2) is 0 Å². The number of nitrogens with zero attached hydrogens (tertiary/aromatic N) is 1. The fourth-order valence-electron chi connectivity index (χ4n) is 1.92. The SMILES string of the molecule is CCC(CN)S(=O)(=O)N1CC(C)OCC1C. The molecule has 1 aliphatic rings. The van der Waals surface area contributed by atoms with Crippen molar-refractivity contribution in [2.24, 2.45) is 5.73 Å². The summed E-state index contributed by atoms with van der Waals surface area (Å²) in [7, 11) is -3.28. The van der Waals surface area contributed by atoms with Crippen molar-refractivity contribution in [3.05, 3.63) is 0 Å². The van der Waals surface area contributed by atoms with Crippen LogP contribution >= 0.6 is 0 Å². The van der Waals surface area contributed by atoms with E-state index in [2.05, 4.69) is 0 Å². The molecule has 0 aromatic carbocycles. The van der Waals surface area contributed by atoms with Gasteiger partial charge in [0.15, 0.2) is 0 Å². The predicted molar refractivity (Wildman–Crippen MR) is 63.6 cm³/mol. The second-order valence-electron chi connectivity index (χ2n) is 4.37. The Morgan fingerprint density at radius 1 is 1.50 bits per heavy atom. The van der Waals surface area contributed by atoms with Gasteiger partial charge in [-0.3, -0.25) is 0 Å². The molecule has 5 nitrogen and oxygen atoms in total. The van der Waals surface area contributed by atoms with Crippen LogP contribution in [0.4, 0.5) is 0 Å². The third kappa shape index (κ3) is 2.74. The lowest BCUT2D eigenvalue weighted by molar-refractivity contribution is -0.0173. The molecule has 1 heterocycles. The van der Waals surface area contributed by atoms with Crippen molar-refractivity contribution in [1.29, 1.82) is 0 Å². The molecule has 0 aromatic rings. The van der Waals surface area contributed by atoms with E-state index in [4.69, 9.17) is 10.5 Å². The molecule has 1 aliphatic heterocycles. The standard InChI is InChI=1S/C10H22N2O3S/c1-4-10(5-11)16(13,14)12-6-9(3)15-7-8(12)2/h8-10H,4-7,11H2,1-3H3. The molecular weight excluding hydrogens is 228 g/mol. The first-order valence-electron chi connectivity index (χ1n) is 5.75. The highest BCUT2D eigenvalue weighted by Crippen LogP contribution is 2.20. The van der Waals surface area contributed by atoms with Crippen LogP contribution in [-0.2, 0) is 14.8 Å². The average molecular weight is 250 g/mol. The van der Waals surface area contributed by atoms with Crippen molar-refractivity contribution < 1.29 is 13.2 Å². The number of rotatable bonds is 4. The summed E-state index contributed by atoms with van der Waals surface area (Å²) in [6, 6.07) is -0.0956. The monoisotopic (exact) mass is 250 g/mol. The van der Waals surface area contributed by atoms with Crippen LogP contribution in [0.2, 0.25) is 0 Å². The highest BCUT2D eigenvalue weighted by molar-refractivity contribution is 7.89. The van der Waals surface area contributed by atoms with Gasteiger partial charge in [0.05, 0.1) is 18.0 Å². The number of nitrogens with two attached hydrogens (primary N) is 1. The van der Waals surface area contributed by atoms with Gasteiger partial charge in [0.2, 0.25) is 10.0 Å². The Morgan fingerprint density at radius 2 is 2.12 bits per heavy atom. The highest BCUT2D eigenvalue weighted by atomic mass is 32.2. The Kier molecular flexibility index (Phi) is 4.73. The van der Waals surface area contributed by atoms with E-state index in [0.717, 1.165) is 0 Å². The Hall–Kier alpha value is -0.170. The van der Waals surface area contributed by atoms with Crippen LogP contribution in [0, 0.1) is 0 Å². The van der Waals surface area contributed by atoms with Crippen LogP contribution in [0.3, 0.4) is 0 Å². The molecule has 1 rings (SSSR count). The largest absolute Gasteiger partial charge is 0.375 e. The highest BCUT2D eigenvalue weighted by Gasteiger charge is 2.36. The minimum atomic E-state index is -3.28. The van der Waals surface area contributed by atoms with Crippen molar-refractivity contribution in [2.45, 2.75) is 44.6 Å². The summed E-state index contributed by atoms with van der Waals surface area (Å²) in [5.41, 5.74) is 5.52. The number of hydrogen-bond acceptors (Lipinski definition) is 4. The molecule has 0 aliphatic carbocycles. The van der Waals surface area contributed by atoms with Gasteiger partial charge in [-0.2, -0.15) is 4.31 Å². The molecule has 0 spiro atoms. The van der Waals surface area contributed by atoms with Crippen molar-refractivity contribution in [3.8, 4) is 0 Å². The van der Waals surface area contributed by atoms with Gasteiger partial charge in [-0.1, -0.05) is 6.92 Å². The zero-order valence-electron chi connectivity index (χ0n) is 10.2. The molecule has 1 saturated heterocycles. The van der Waals surface area contributed by atoms with Crippen LogP contribution in [-0.4, -0.2) is 49.8 Å². The zero-order valence-corrected chi connectivity index (χ0v) is 11.0. The van der Waals surface area contributed by atoms with Gasteiger partial charge in [0.1, 0.15) is 0 Å². The predicted octanol–water partition coefficient (Wildman–Crippen LogP) is 0.163. The first kappa shape index (κ1) is 13.9. The first-order chi connectivity index (χ1) is 7.43. The van der Waals surface area contributed by atoms with E-state index in [9.17, 15) is 8.42 Å². The Bertz CT molecular complexity index is 314.